The van der Waals surface area contributed by atoms with Gasteiger partial charge in [-0.1, -0.05) is 6.07 Å². The molecule has 16 heavy (non-hydrogen) atoms. The number of hydrogen-bond donors (Lipinski definition) is 1. The standard InChI is InChI=1S/C11H12FNO3/c1-7(14)10-6-13(11(15)16-10)9-4-2-3-8(12)5-9/h2-5,7,10,14H,6H2,1H3/t7-,10?/m1/s1. The van der Waals surface area contributed by atoms with Crippen molar-refractivity contribution in [2.75, 3.05) is 11.4 Å². The SMILES string of the molecule is C[C@@H](O)C1CN(c2cccc(F)c2)C(=O)O1. The van der Waals surface area contributed by atoms with Gasteiger partial charge in [0, 0.05) is 0 Å². The van der Waals surface area contributed by atoms with Gasteiger partial charge in [-0.25, -0.2) is 9.18 Å². The van der Waals surface area contributed by atoms with Crippen LogP contribution in [0.5, 0.6) is 0 Å². The van der Waals surface area contributed by atoms with E-state index in [1.54, 1.807) is 13.0 Å². The molecule has 0 bridgehead atoms. The van der Waals surface area contributed by atoms with Crippen LogP contribution in [0.25, 0.3) is 0 Å². The van der Waals surface area contributed by atoms with E-state index in [1.807, 2.05) is 0 Å². The number of halogens is 1. The fourth-order valence-corrected chi connectivity index (χ4v) is 1.59. The Morgan fingerprint density at radius 2 is 2.38 bits per heavy atom. The number of carbonyl (C=O) groups is 1. The van der Waals surface area contributed by atoms with E-state index < -0.39 is 24.1 Å². The summed E-state index contributed by atoms with van der Waals surface area (Å²) < 4.78 is 17.9. The highest BCUT2D eigenvalue weighted by atomic mass is 19.1. The van der Waals surface area contributed by atoms with Gasteiger partial charge in [-0.05, 0) is 25.1 Å². The van der Waals surface area contributed by atoms with E-state index in [-0.39, 0.29) is 6.54 Å². The minimum atomic E-state index is -0.734. The third-order valence-electron chi connectivity index (χ3n) is 2.49. The van der Waals surface area contributed by atoms with E-state index in [9.17, 15) is 14.3 Å². The molecule has 0 saturated carbocycles. The first-order chi connectivity index (χ1) is 7.58. The Kier molecular flexibility index (Phi) is 2.78. The van der Waals surface area contributed by atoms with E-state index in [0.29, 0.717) is 5.69 Å². The number of benzene rings is 1. The van der Waals surface area contributed by atoms with Crippen molar-refractivity contribution in [2.24, 2.45) is 0 Å². The molecule has 1 saturated heterocycles. The topological polar surface area (TPSA) is 49.8 Å². The van der Waals surface area contributed by atoms with E-state index in [4.69, 9.17) is 4.74 Å². The fraction of sp³-hybridized carbons (Fsp3) is 0.364. The molecule has 1 N–H and O–H groups in total. The summed E-state index contributed by atoms with van der Waals surface area (Å²) in [6.07, 6.45) is -1.85. The van der Waals surface area contributed by atoms with Gasteiger partial charge in [0.15, 0.2) is 0 Å². The molecule has 1 aromatic carbocycles. The van der Waals surface area contributed by atoms with Gasteiger partial charge in [0.2, 0.25) is 0 Å². The van der Waals surface area contributed by atoms with Gasteiger partial charge < -0.3 is 9.84 Å². The zero-order valence-corrected chi connectivity index (χ0v) is 8.76. The molecule has 1 amide bonds. The molecule has 2 rings (SSSR count). The molecule has 1 unspecified atom stereocenters. The van der Waals surface area contributed by atoms with Crippen LogP contribution in [0.2, 0.25) is 0 Å². The number of aliphatic hydroxyl groups excluding tert-OH is 1. The van der Waals surface area contributed by atoms with Crippen molar-refractivity contribution in [3.05, 3.63) is 30.1 Å². The molecule has 1 aromatic rings. The molecule has 5 heteroatoms. The predicted octanol–water partition coefficient (Wildman–Crippen LogP) is 1.53. The van der Waals surface area contributed by atoms with Crippen molar-refractivity contribution in [3.8, 4) is 0 Å². The highest BCUT2D eigenvalue weighted by Crippen LogP contribution is 2.23. The Morgan fingerprint density at radius 3 is 2.94 bits per heavy atom. The summed E-state index contributed by atoms with van der Waals surface area (Å²) in [4.78, 5) is 12.8. The van der Waals surface area contributed by atoms with E-state index >= 15 is 0 Å². The van der Waals surface area contributed by atoms with Crippen LogP contribution in [0, 0.1) is 5.82 Å². The summed E-state index contributed by atoms with van der Waals surface area (Å²) in [5.74, 6) is -0.411. The number of ether oxygens (including phenoxy) is 1. The van der Waals surface area contributed by atoms with E-state index in [2.05, 4.69) is 0 Å². The first kappa shape index (κ1) is 10.9. The maximum atomic E-state index is 13.0. The maximum absolute atomic E-state index is 13.0. The molecule has 0 radical (unpaired) electrons. The van der Waals surface area contributed by atoms with Crippen LogP contribution >= 0.6 is 0 Å². The molecule has 1 heterocycles. The first-order valence-electron chi connectivity index (χ1n) is 4.99. The van der Waals surface area contributed by atoms with Crippen molar-refractivity contribution in [3.63, 3.8) is 0 Å². The number of amides is 1. The number of rotatable bonds is 2. The van der Waals surface area contributed by atoms with Gasteiger partial charge in [0.25, 0.3) is 0 Å². The van der Waals surface area contributed by atoms with Crippen molar-refractivity contribution in [2.45, 2.75) is 19.1 Å². The zero-order valence-electron chi connectivity index (χ0n) is 8.76. The van der Waals surface area contributed by atoms with E-state index in [0.717, 1.165) is 0 Å². The van der Waals surface area contributed by atoms with Gasteiger partial charge in [-0.15, -0.1) is 0 Å². The van der Waals surface area contributed by atoms with Crippen LogP contribution in [0.4, 0.5) is 14.9 Å². The number of cyclic esters (lactones) is 1. The molecular formula is C11H12FNO3. The highest BCUT2D eigenvalue weighted by Gasteiger charge is 2.35. The Balaban J connectivity index is 2.20. The molecule has 86 valence electrons. The lowest BCUT2D eigenvalue weighted by Gasteiger charge is -2.13. The highest BCUT2D eigenvalue weighted by molar-refractivity contribution is 5.89. The number of hydrogen-bond acceptors (Lipinski definition) is 3. The van der Waals surface area contributed by atoms with Crippen LogP contribution in [-0.4, -0.2) is 30.0 Å². The summed E-state index contributed by atoms with van der Waals surface area (Å²) in [5.41, 5.74) is 0.438. The number of nitrogens with zero attached hydrogens (tertiary/aromatic N) is 1. The minimum Gasteiger partial charge on any atom is -0.441 e. The van der Waals surface area contributed by atoms with Gasteiger partial charge >= 0.3 is 6.09 Å². The Morgan fingerprint density at radius 1 is 1.62 bits per heavy atom. The zero-order chi connectivity index (χ0) is 11.7. The van der Waals surface area contributed by atoms with Crippen molar-refractivity contribution in [1.82, 2.24) is 0 Å². The normalized spacial score (nSPS) is 22.1. The number of anilines is 1. The molecule has 1 aliphatic heterocycles. The van der Waals surface area contributed by atoms with Crippen molar-refractivity contribution < 1.29 is 19.0 Å². The van der Waals surface area contributed by atoms with Gasteiger partial charge in [-0.3, -0.25) is 4.90 Å². The molecule has 1 aliphatic rings. The van der Waals surface area contributed by atoms with Crippen molar-refractivity contribution in [1.29, 1.82) is 0 Å². The second-order valence-corrected chi connectivity index (χ2v) is 3.75. The largest absolute Gasteiger partial charge is 0.441 e. The maximum Gasteiger partial charge on any atom is 0.414 e. The van der Waals surface area contributed by atoms with Crippen LogP contribution in [0.1, 0.15) is 6.92 Å². The Labute approximate surface area is 92.2 Å². The third kappa shape index (κ3) is 1.99. The lowest BCUT2D eigenvalue weighted by Crippen LogP contribution is -2.29. The molecule has 2 atom stereocenters. The second kappa shape index (κ2) is 4.09. The molecule has 0 aliphatic carbocycles. The predicted molar refractivity (Wildman–Crippen MR) is 55.7 cm³/mol. The third-order valence-corrected chi connectivity index (χ3v) is 2.49. The fourth-order valence-electron chi connectivity index (χ4n) is 1.59. The summed E-state index contributed by atoms with van der Waals surface area (Å²) in [6.45, 7) is 1.78. The monoisotopic (exact) mass is 225 g/mol. The lowest BCUT2D eigenvalue weighted by molar-refractivity contribution is 0.0437. The summed E-state index contributed by atoms with van der Waals surface area (Å²) in [5, 5.41) is 9.31. The molecule has 0 spiro atoms. The lowest BCUT2D eigenvalue weighted by atomic mass is 10.2. The number of carbonyl (C=O) groups excluding carboxylic acids is 1. The first-order valence-corrected chi connectivity index (χ1v) is 4.99. The molecule has 4 nitrogen and oxygen atoms in total. The molecule has 1 fully saturated rings. The molecular weight excluding hydrogens is 213 g/mol. The van der Waals surface area contributed by atoms with Gasteiger partial charge in [-0.2, -0.15) is 0 Å². The minimum absolute atomic E-state index is 0.236. The quantitative estimate of drug-likeness (QED) is 0.830. The van der Waals surface area contributed by atoms with Gasteiger partial charge in [0.1, 0.15) is 11.9 Å². The smallest absolute Gasteiger partial charge is 0.414 e. The van der Waals surface area contributed by atoms with E-state index in [1.165, 1.54) is 23.1 Å². The second-order valence-electron chi connectivity index (χ2n) is 3.75. The average molecular weight is 225 g/mol. The van der Waals surface area contributed by atoms with Gasteiger partial charge in [0.05, 0.1) is 18.3 Å². The number of aliphatic hydroxyl groups is 1. The van der Waals surface area contributed by atoms with Crippen LogP contribution in [0.3, 0.4) is 0 Å². The molecule has 0 aromatic heterocycles. The Hall–Kier alpha value is -1.62. The van der Waals surface area contributed by atoms with Crippen molar-refractivity contribution >= 4 is 11.8 Å². The van der Waals surface area contributed by atoms with Crippen LogP contribution < -0.4 is 4.90 Å². The summed E-state index contributed by atoms with van der Waals surface area (Å²) in [6, 6.07) is 5.70. The van der Waals surface area contributed by atoms with Crippen LogP contribution in [0.15, 0.2) is 24.3 Å². The average Bonchev–Trinajstić information content (AvgIpc) is 2.60. The van der Waals surface area contributed by atoms with Crippen LogP contribution in [-0.2, 0) is 4.74 Å². The summed E-state index contributed by atoms with van der Waals surface area (Å²) in [7, 11) is 0. The Bertz CT molecular complexity index is 408. The summed E-state index contributed by atoms with van der Waals surface area (Å²) >= 11 is 0.